The summed E-state index contributed by atoms with van der Waals surface area (Å²) in [6, 6.07) is 16.0. The molecule has 1 heterocycles. The van der Waals surface area contributed by atoms with Gasteiger partial charge in [-0.1, -0.05) is 42.0 Å². The van der Waals surface area contributed by atoms with Crippen LogP contribution in [0, 0.1) is 6.92 Å². The van der Waals surface area contributed by atoms with E-state index >= 15 is 0 Å². The quantitative estimate of drug-likeness (QED) is 0.789. The van der Waals surface area contributed by atoms with Crippen molar-refractivity contribution < 1.29 is 9.53 Å². The minimum absolute atomic E-state index is 0.00734. The zero-order chi connectivity index (χ0) is 16.9. The van der Waals surface area contributed by atoms with Gasteiger partial charge < -0.3 is 10.1 Å². The Morgan fingerprint density at radius 3 is 2.50 bits per heavy atom. The lowest BCUT2D eigenvalue weighted by Gasteiger charge is -2.11. The second-order valence-corrected chi connectivity index (χ2v) is 6.11. The number of ether oxygens (including phenoxy) is 1. The Labute approximate surface area is 142 Å². The van der Waals surface area contributed by atoms with Crippen LogP contribution >= 0.6 is 0 Å². The minimum Gasteiger partial charge on any atom is -0.497 e. The van der Waals surface area contributed by atoms with Gasteiger partial charge in [-0.2, -0.15) is 0 Å². The van der Waals surface area contributed by atoms with Gasteiger partial charge in [0.25, 0.3) is 0 Å². The predicted octanol–water partition coefficient (Wildman–Crippen LogP) is 2.23. The molecule has 5 heteroatoms. The maximum Gasteiger partial charge on any atom is 0.238 e. The molecule has 0 radical (unpaired) electrons. The number of rotatable bonds is 5. The van der Waals surface area contributed by atoms with Crippen molar-refractivity contribution in [3.05, 3.63) is 65.2 Å². The van der Waals surface area contributed by atoms with Gasteiger partial charge >= 0.3 is 0 Å². The maximum atomic E-state index is 12.3. The van der Waals surface area contributed by atoms with E-state index in [1.165, 1.54) is 11.1 Å². The molecule has 5 nitrogen and oxygen atoms in total. The first-order chi connectivity index (χ1) is 11.7. The first-order valence-electron chi connectivity index (χ1n) is 8.14. The summed E-state index contributed by atoms with van der Waals surface area (Å²) in [5.74, 6) is 0.820. The largest absolute Gasteiger partial charge is 0.497 e. The van der Waals surface area contributed by atoms with Gasteiger partial charge in [0, 0.05) is 12.6 Å². The third kappa shape index (κ3) is 3.93. The molecule has 0 saturated carbocycles. The van der Waals surface area contributed by atoms with Gasteiger partial charge in [-0.05, 0) is 36.6 Å². The van der Waals surface area contributed by atoms with E-state index in [2.05, 4.69) is 47.4 Å². The second kappa shape index (κ2) is 7.47. The standard InChI is InChI=1S/C19H23N3O2/c1-13-3-7-15(8-4-13)17-11-18(22-21-17)19(23)20-12-14-5-9-16(24-2)10-6-14/h3-10,17-18,21-22H,11-12H2,1-2H3,(H,20,23). The Morgan fingerprint density at radius 2 is 1.83 bits per heavy atom. The van der Waals surface area contributed by atoms with Gasteiger partial charge in [0.1, 0.15) is 11.8 Å². The Hall–Kier alpha value is -2.37. The highest BCUT2D eigenvalue weighted by molar-refractivity contribution is 5.82. The first kappa shape index (κ1) is 16.5. The topological polar surface area (TPSA) is 62.4 Å². The summed E-state index contributed by atoms with van der Waals surface area (Å²) in [7, 11) is 1.64. The van der Waals surface area contributed by atoms with Crippen LogP contribution in [0.3, 0.4) is 0 Å². The van der Waals surface area contributed by atoms with Crippen LogP contribution in [0.2, 0.25) is 0 Å². The van der Waals surface area contributed by atoms with Crippen molar-refractivity contribution in [2.45, 2.75) is 32.0 Å². The van der Waals surface area contributed by atoms with E-state index in [0.717, 1.165) is 17.7 Å². The molecular weight excluding hydrogens is 302 g/mol. The zero-order valence-corrected chi connectivity index (χ0v) is 14.0. The molecule has 126 valence electrons. The Morgan fingerprint density at radius 1 is 1.12 bits per heavy atom. The fourth-order valence-electron chi connectivity index (χ4n) is 2.80. The van der Waals surface area contributed by atoms with Gasteiger partial charge in [-0.25, -0.2) is 10.9 Å². The van der Waals surface area contributed by atoms with E-state index in [0.29, 0.717) is 6.54 Å². The molecule has 0 spiro atoms. The zero-order valence-electron chi connectivity index (χ0n) is 14.0. The van der Waals surface area contributed by atoms with Gasteiger partial charge in [-0.15, -0.1) is 0 Å². The molecule has 0 aliphatic carbocycles. The van der Waals surface area contributed by atoms with Crippen LogP contribution in [0.1, 0.15) is 29.2 Å². The molecule has 1 aliphatic heterocycles. The van der Waals surface area contributed by atoms with E-state index < -0.39 is 0 Å². The van der Waals surface area contributed by atoms with Gasteiger partial charge in [0.2, 0.25) is 5.91 Å². The van der Waals surface area contributed by atoms with Crippen LogP contribution in [0.5, 0.6) is 5.75 Å². The van der Waals surface area contributed by atoms with Crippen LogP contribution in [-0.2, 0) is 11.3 Å². The third-order valence-corrected chi connectivity index (χ3v) is 4.33. The Bertz CT molecular complexity index is 683. The predicted molar refractivity (Wildman–Crippen MR) is 93.4 cm³/mol. The summed E-state index contributed by atoms with van der Waals surface area (Å²) in [4.78, 5) is 12.3. The van der Waals surface area contributed by atoms with Crippen molar-refractivity contribution in [2.75, 3.05) is 7.11 Å². The highest BCUT2D eigenvalue weighted by Gasteiger charge is 2.29. The average Bonchev–Trinajstić information content (AvgIpc) is 3.11. The molecule has 0 bridgehead atoms. The van der Waals surface area contributed by atoms with Crippen molar-refractivity contribution in [1.29, 1.82) is 0 Å². The second-order valence-electron chi connectivity index (χ2n) is 6.11. The number of hydrogen-bond donors (Lipinski definition) is 3. The maximum absolute atomic E-state index is 12.3. The first-order valence-corrected chi connectivity index (χ1v) is 8.14. The molecule has 1 amide bonds. The molecule has 1 saturated heterocycles. The number of amides is 1. The van der Waals surface area contributed by atoms with Crippen LogP contribution in [0.25, 0.3) is 0 Å². The summed E-state index contributed by atoms with van der Waals surface area (Å²) >= 11 is 0. The lowest BCUT2D eigenvalue weighted by atomic mass is 10.0. The van der Waals surface area contributed by atoms with E-state index in [1.54, 1.807) is 7.11 Å². The smallest absolute Gasteiger partial charge is 0.238 e. The van der Waals surface area contributed by atoms with Crippen LogP contribution in [0.4, 0.5) is 0 Å². The van der Waals surface area contributed by atoms with Crippen molar-refractivity contribution in [2.24, 2.45) is 0 Å². The minimum atomic E-state index is -0.227. The van der Waals surface area contributed by atoms with Gasteiger partial charge in [-0.3, -0.25) is 4.79 Å². The highest BCUT2D eigenvalue weighted by atomic mass is 16.5. The van der Waals surface area contributed by atoms with E-state index in [4.69, 9.17) is 4.74 Å². The van der Waals surface area contributed by atoms with Crippen molar-refractivity contribution in [3.8, 4) is 5.75 Å². The third-order valence-electron chi connectivity index (χ3n) is 4.33. The van der Waals surface area contributed by atoms with E-state index in [1.807, 2.05) is 24.3 Å². The van der Waals surface area contributed by atoms with E-state index in [9.17, 15) is 4.79 Å². The number of carbonyl (C=O) groups excluding carboxylic acids is 1. The molecule has 2 atom stereocenters. The molecule has 0 aromatic heterocycles. The lowest BCUT2D eigenvalue weighted by molar-refractivity contribution is -0.123. The SMILES string of the molecule is COc1ccc(CNC(=O)C2CC(c3ccc(C)cc3)NN2)cc1. The molecule has 24 heavy (non-hydrogen) atoms. The fourth-order valence-corrected chi connectivity index (χ4v) is 2.80. The number of carbonyl (C=O) groups is 1. The van der Waals surface area contributed by atoms with Crippen LogP contribution < -0.4 is 20.9 Å². The lowest BCUT2D eigenvalue weighted by Crippen LogP contribution is -2.42. The normalized spacial score (nSPS) is 19.9. The fraction of sp³-hybridized carbons (Fsp3) is 0.316. The van der Waals surface area contributed by atoms with Gasteiger partial charge in [0.05, 0.1) is 7.11 Å². The number of methoxy groups -OCH3 is 1. The highest BCUT2D eigenvalue weighted by Crippen LogP contribution is 2.22. The van der Waals surface area contributed by atoms with E-state index in [-0.39, 0.29) is 18.0 Å². The van der Waals surface area contributed by atoms with Crippen molar-refractivity contribution in [3.63, 3.8) is 0 Å². The molecule has 1 aliphatic rings. The number of benzene rings is 2. The molecule has 2 unspecified atom stereocenters. The Balaban J connectivity index is 1.51. The molecule has 3 N–H and O–H groups in total. The summed E-state index contributed by atoms with van der Waals surface area (Å²) in [5, 5.41) is 2.98. The monoisotopic (exact) mass is 325 g/mol. The number of hydrazine groups is 1. The summed E-state index contributed by atoms with van der Waals surface area (Å²) in [6.07, 6.45) is 0.734. The molecule has 2 aromatic rings. The average molecular weight is 325 g/mol. The van der Waals surface area contributed by atoms with Crippen LogP contribution in [-0.4, -0.2) is 19.1 Å². The molecule has 3 rings (SSSR count). The van der Waals surface area contributed by atoms with Crippen LogP contribution in [0.15, 0.2) is 48.5 Å². The van der Waals surface area contributed by atoms with Crippen molar-refractivity contribution in [1.82, 2.24) is 16.2 Å². The summed E-state index contributed by atoms with van der Waals surface area (Å²) < 4.78 is 5.13. The van der Waals surface area contributed by atoms with Gasteiger partial charge in [0.15, 0.2) is 0 Å². The number of hydrogen-bond acceptors (Lipinski definition) is 4. The summed E-state index contributed by atoms with van der Waals surface area (Å²) in [5.41, 5.74) is 9.78. The number of aryl methyl sites for hydroxylation is 1. The molecule has 2 aromatic carbocycles. The summed E-state index contributed by atoms with van der Waals surface area (Å²) in [6.45, 7) is 2.58. The number of nitrogens with one attached hydrogen (secondary N) is 3. The Kier molecular flexibility index (Phi) is 5.13. The molecule has 1 fully saturated rings. The molecular formula is C19H23N3O2. The van der Waals surface area contributed by atoms with Crippen molar-refractivity contribution >= 4 is 5.91 Å².